The SMILES string of the molecule is CN1CCCc2cc(N=Nc3nc(C#N)c(C#N)n3C)c([N-]CC(F)(F)F)cc21. The predicted molar refractivity (Wildman–Crippen MR) is 98.8 cm³/mol. The van der Waals surface area contributed by atoms with Gasteiger partial charge in [0.05, 0.1) is 5.69 Å². The summed E-state index contributed by atoms with van der Waals surface area (Å²) >= 11 is 0. The molecule has 0 fully saturated rings. The van der Waals surface area contributed by atoms with Gasteiger partial charge in [0.25, 0.3) is 5.95 Å². The van der Waals surface area contributed by atoms with E-state index in [9.17, 15) is 13.2 Å². The fourth-order valence-corrected chi connectivity index (χ4v) is 3.05. The van der Waals surface area contributed by atoms with E-state index in [1.54, 1.807) is 18.2 Å². The number of hydrogen-bond acceptors (Lipinski definition) is 6. The summed E-state index contributed by atoms with van der Waals surface area (Å²) in [7, 11) is 3.37. The van der Waals surface area contributed by atoms with Gasteiger partial charge in [-0.15, -0.1) is 15.9 Å². The molecule has 150 valence electrons. The first-order chi connectivity index (χ1) is 13.7. The molecule has 0 bridgehead atoms. The molecule has 1 aromatic carbocycles. The molecule has 0 saturated heterocycles. The van der Waals surface area contributed by atoms with Crippen LogP contribution in [-0.2, 0) is 13.5 Å². The molecule has 1 aliphatic rings. The lowest BCUT2D eigenvalue weighted by atomic mass is 10.0. The van der Waals surface area contributed by atoms with Gasteiger partial charge >= 0.3 is 6.18 Å². The van der Waals surface area contributed by atoms with Crippen LogP contribution < -0.4 is 4.90 Å². The lowest BCUT2D eigenvalue weighted by Gasteiger charge is -2.32. The fourth-order valence-electron chi connectivity index (χ4n) is 3.05. The van der Waals surface area contributed by atoms with Gasteiger partial charge in [0.15, 0.2) is 11.4 Å². The number of imidazole rings is 1. The largest absolute Gasteiger partial charge is 0.675 e. The molecule has 2 heterocycles. The highest BCUT2D eigenvalue weighted by Crippen LogP contribution is 2.41. The molecule has 8 nitrogen and oxygen atoms in total. The van der Waals surface area contributed by atoms with E-state index in [-0.39, 0.29) is 28.7 Å². The van der Waals surface area contributed by atoms with E-state index in [0.29, 0.717) is 0 Å². The smallest absolute Gasteiger partial charge is 0.373 e. The van der Waals surface area contributed by atoms with E-state index in [0.717, 1.165) is 30.6 Å². The first-order valence-electron chi connectivity index (χ1n) is 8.64. The van der Waals surface area contributed by atoms with Crippen molar-refractivity contribution in [2.75, 3.05) is 25.0 Å². The molecule has 1 aliphatic heterocycles. The maximum atomic E-state index is 12.7. The molecule has 2 aromatic rings. The van der Waals surface area contributed by atoms with Gasteiger partial charge in [0, 0.05) is 26.3 Å². The number of nitriles is 2. The molecule has 0 aliphatic carbocycles. The van der Waals surface area contributed by atoms with Crippen LogP contribution in [0.1, 0.15) is 23.4 Å². The molecule has 0 radical (unpaired) electrons. The Hall–Kier alpha value is -3.60. The fraction of sp³-hybridized carbons (Fsp3) is 0.389. The summed E-state index contributed by atoms with van der Waals surface area (Å²) in [6.07, 6.45) is -2.77. The molecule has 0 unspecified atom stereocenters. The van der Waals surface area contributed by atoms with Crippen LogP contribution >= 0.6 is 0 Å². The third-order valence-corrected chi connectivity index (χ3v) is 4.49. The van der Waals surface area contributed by atoms with Crippen molar-refractivity contribution in [1.82, 2.24) is 9.55 Å². The second kappa shape index (κ2) is 7.80. The number of nitrogens with zero attached hydrogens (tertiary/aromatic N) is 8. The molecule has 0 N–H and O–H groups in total. The van der Waals surface area contributed by atoms with Gasteiger partial charge in [-0.25, -0.2) is 0 Å². The molecular weight excluding hydrogens is 385 g/mol. The number of alkyl halides is 3. The highest BCUT2D eigenvalue weighted by Gasteiger charge is 2.22. The number of fused-ring (bicyclic) bond motifs is 1. The van der Waals surface area contributed by atoms with Crippen LogP contribution in [0.25, 0.3) is 5.32 Å². The Morgan fingerprint density at radius 1 is 1.21 bits per heavy atom. The number of azo groups is 1. The van der Waals surface area contributed by atoms with Crippen LogP contribution in [0.5, 0.6) is 0 Å². The third kappa shape index (κ3) is 4.29. The Labute approximate surface area is 164 Å². The highest BCUT2D eigenvalue weighted by atomic mass is 19.4. The van der Waals surface area contributed by atoms with Crippen LogP contribution in [-0.4, -0.2) is 35.9 Å². The van der Waals surface area contributed by atoms with Gasteiger partial charge in [0.1, 0.15) is 12.1 Å². The zero-order valence-corrected chi connectivity index (χ0v) is 15.7. The van der Waals surface area contributed by atoms with Crippen molar-refractivity contribution in [1.29, 1.82) is 10.5 Å². The van der Waals surface area contributed by atoms with Crippen LogP contribution in [0.15, 0.2) is 22.4 Å². The monoisotopic (exact) mass is 401 g/mol. The number of benzene rings is 1. The molecule has 0 saturated carbocycles. The standard InChI is InChI=1S/C18H16F3N8/c1-28-5-3-4-11-6-13(12(7-15(11)28)24-10-18(19,20)21)26-27-17-25-14(8-22)16(9-23)29(17)2/h6-7H,3-5,10H2,1-2H3/q-1. The Kier molecular flexibility index (Phi) is 5.41. The Morgan fingerprint density at radius 2 is 1.97 bits per heavy atom. The minimum Gasteiger partial charge on any atom is -0.675 e. The quantitative estimate of drug-likeness (QED) is 0.701. The summed E-state index contributed by atoms with van der Waals surface area (Å²) in [5.74, 6) is -0.00490. The number of rotatable bonds is 4. The van der Waals surface area contributed by atoms with E-state index < -0.39 is 12.7 Å². The zero-order valence-electron chi connectivity index (χ0n) is 15.7. The molecule has 0 amide bonds. The summed E-state index contributed by atoms with van der Waals surface area (Å²) in [5, 5.41) is 29.8. The number of anilines is 1. The van der Waals surface area contributed by atoms with Gasteiger partial charge in [-0.1, -0.05) is 6.07 Å². The Bertz CT molecular complexity index is 1040. The summed E-state index contributed by atoms with van der Waals surface area (Å²) in [6, 6.07) is 6.90. The molecule has 1 aromatic heterocycles. The Morgan fingerprint density at radius 3 is 2.59 bits per heavy atom. The predicted octanol–water partition coefficient (Wildman–Crippen LogP) is 4.53. The van der Waals surface area contributed by atoms with Gasteiger partial charge in [-0.2, -0.15) is 28.7 Å². The van der Waals surface area contributed by atoms with E-state index in [2.05, 4.69) is 20.5 Å². The van der Waals surface area contributed by atoms with E-state index in [1.165, 1.54) is 11.6 Å². The van der Waals surface area contributed by atoms with Gasteiger partial charge in [-0.3, -0.25) is 0 Å². The van der Waals surface area contributed by atoms with Gasteiger partial charge in [0.2, 0.25) is 0 Å². The maximum absolute atomic E-state index is 12.7. The average molecular weight is 401 g/mol. The summed E-state index contributed by atoms with van der Waals surface area (Å²) < 4.78 is 39.3. The minimum absolute atomic E-state index is 0.00490. The molecular formula is C18H16F3N8-. The minimum atomic E-state index is -4.45. The summed E-state index contributed by atoms with van der Waals surface area (Å²) in [6.45, 7) is -0.536. The van der Waals surface area contributed by atoms with Crippen molar-refractivity contribution in [2.45, 2.75) is 19.0 Å². The lowest BCUT2D eigenvalue weighted by Crippen LogP contribution is -2.24. The van der Waals surface area contributed by atoms with Crippen LogP contribution in [0.2, 0.25) is 0 Å². The van der Waals surface area contributed by atoms with E-state index in [1.807, 2.05) is 18.0 Å². The third-order valence-electron chi connectivity index (χ3n) is 4.49. The second-order valence-electron chi connectivity index (χ2n) is 6.52. The van der Waals surface area contributed by atoms with Crippen molar-refractivity contribution < 1.29 is 13.2 Å². The van der Waals surface area contributed by atoms with Crippen molar-refractivity contribution in [2.24, 2.45) is 17.3 Å². The average Bonchev–Trinajstić information content (AvgIpc) is 2.99. The van der Waals surface area contributed by atoms with Crippen LogP contribution in [0.3, 0.4) is 0 Å². The number of hydrogen-bond donors (Lipinski definition) is 0. The van der Waals surface area contributed by atoms with E-state index in [4.69, 9.17) is 10.5 Å². The molecule has 29 heavy (non-hydrogen) atoms. The topological polar surface area (TPSA) is 107 Å². The van der Waals surface area contributed by atoms with Gasteiger partial charge < -0.3 is 14.8 Å². The zero-order chi connectivity index (χ0) is 21.2. The molecule has 0 spiro atoms. The summed E-state index contributed by atoms with van der Waals surface area (Å²) in [5.41, 5.74) is 1.91. The Balaban J connectivity index is 2.01. The van der Waals surface area contributed by atoms with Crippen molar-refractivity contribution in [3.8, 4) is 12.1 Å². The number of aromatic nitrogens is 2. The second-order valence-corrected chi connectivity index (χ2v) is 6.52. The van der Waals surface area contributed by atoms with Crippen molar-refractivity contribution in [3.63, 3.8) is 0 Å². The number of halogens is 3. The maximum Gasteiger partial charge on any atom is 0.373 e. The van der Waals surface area contributed by atoms with Crippen LogP contribution in [0, 0.1) is 22.7 Å². The molecule has 0 atom stereocenters. The highest BCUT2D eigenvalue weighted by molar-refractivity contribution is 5.77. The number of aryl methyl sites for hydroxylation is 1. The first-order valence-corrected chi connectivity index (χ1v) is 8.64. The van der Waals surface area contributed by atoms with Crippen molar-refractivity contribution in [3.05, 3.63) is 34.4 Å². The molecule has 11 heteroatoms. The lowest BCUT2D eigenvalue weighted by molar-refractivity contribution is -0.113. The van der Waals surface area contributed by atoms with Crippen LogP contribution in [0.4, 0.5) is 36.2 Å². The van der Waals surface area contributed by atoms with Gasteiger partial charge in [-0.05, 0) is 31.0 Å². The van der Waals surface area contributed by atoms with Crippen molar-refractivity contribution >= 4 is 23.0 Å². The molecule has 3 rings (SSSR count). The van der Waals surface area contributed by atoms with E-state index >= 15 is 0 Å². The first kappa shape index (κ1) is 20.1. The normalized spacial score (nSPS) is 13.8. The summed E-state index contributed by atoms with van der Waals surface area (Å²) in [4.78, 5) is 5.89.